The van der Waals surface area contributed by atoms with Crippen molar-refractivity contribution < 1.29 is 22.3 Å². The molecule has 0 heterocycles. The largest absolute Gasteiger partial charge is 2.00 e. The van der Waals surface area contributed by atoms with E-state index in [1.165, 1.54) is 0 Å². The minimum atomic E-state index is -1.15. The van der Waals surface area contributed by atoms with Crippen molar-refractivity contribution in [1.82, 2.24) is 0 Å². The van der Waals surface area contributed by atoms with Crippen LogP contribution in [0.3, 0.4) is 0 Å². The SMILES string of the molecule is CCC(C)OC(=O)CC(=O)O.[Ca+2].[H-].[H-]. The molecule has 0 saturated heterocycles. The van der Waals surface area contributed by atoms with Crippen LogP contribution in [0.15, 0.2) is 0 Å². The van der Waals surface area contributed by atoms with Crippen LogP contribution in [0.5, 0.6) is 0 Å². The quantitative estimate of drug-likeness (QED) is 0.413. The maximum Gasteiger partial charge on any atom is 2.00 e. The molecule has 1 N–H and O–H groups in total. The van der Waals surface area contributed by atoms with Crippen molar-refractivity contribution >= 4 is 49.7 Å². The molecule has 5 heteroatoms. The normalized spacial score (nSPS) is 11.2. The van der Waals surface area contributed by atoms with Crippen molar-refractivity contribution in [2.24, 2.45) is 0 Å². The molecule has 0 rings (SSSR count). The van der Waals surface area contributed by atoms with Crippen LogP contribution < -0.4 is 0 Å². The Balaban J connectivity index is -0.000000167. The summed E-state index contributed by atoms with van der Waals surface area (Å²) in [4.78, 5) is 20.6. The Bertz CT molecular complexity index is 166. The van der Waals surface area contributed by atoms with Crippen LogP contribution in [0.4, 0.5) is 0 Å². The molecule has 4 nitrogen and oxygen atoms in total. The standard InChI is InChI=1S/C7H12O4.Ca.2H/c1-3-5(2)11-7(10)4-6(8)9;;;/h5H,3-4H2,1-2H3,(H,8,9);;;/q;+2;2*-1. The summed E-state index contributed by atoms with van der Waals surface area (Å²) in [7, 11) is 0. The van der Waals surface area contributed by atoms with Gasteiger partial charge in [0, 0.05) is 0 Å². The molecule has 0 radical (unpaired) electrons. The van der Waals surface area contributed by atoms with E-state index < -0.39 is 18.4 Å². The Morgan fingerprint density at radius 3 is 2.42 bits per heavy atom. The van der Waals surface area contributed by atoms with Gasteiger partial charge in [-0.1, -0.05) is 6.92 Å². The van der Waals surface area contributed by atoms with E-state index >= 15 is 0 Å². The van der Waals surface area contributed by atoms with Gasteiger partial charge in [0.1, 0.15) is 6.42 Å². The second-order valence-electron chi connectivity index (χ2n) is 2.28. The van der Waals surface area contributed by atoms with Crippen LogP contribution in [0, 0.1) is 0 Å². The molecule has 0 aliphatic heterocycles. The molecule has 0 aromatic rings. The van der Waals surface area contributed by atoms with Crippen LogP contribution >= 0.6 is 0 Å². The Labute approximate surface area is 104 Å². The number of carboxylic acids is 1. The van der Waals surface area contributed by atoms with E-state index in [9.17, 15) is 9.59 Å². The summed E-state index contributed by atoms with van der Waals surface area (Å²) in [5.41, 5.74) is 0. The Morgan fingerprint density at radius 2 is 2.08 bits per heavy atom. The topological polar surface area (TPSA) is 63.6 Å². The van der Waals surface area contributed by atoms with Gasteiger partial charge in [0.05, 0.1) is 6.10 Å². The molecule has 0 bridgehead atoms. The number of esters is 1. The fourth-order valence-electron chi connectivity index (χ4n) is 0.473. The molecule has 0 aromatic carbocycles. The monoisotopic (exact) mass is 202 g/mol. The summed E-state index contributed by atoms with van der Waals surface area (Å²) in [6.45, 7) is 3.58. The first kappa shape index (κ1) is 14.7. The summed E-state index contributed by atoms with van der Waals surface area (Å²) in [6, 6.07) is 0. The molecule has 1 atom stereocenters. The third kappa shape index (κ3) is 8.30. The molecule has 68 valence electrons. The van der Waals surface area contributed by atoms with Crippen LogP contribution in [-0.2, 0) is 14.3 Å². The first-order valence-electron chi connectivity index (χ1n) is 3.47. The third-order valence-corrected chi connectivity index (χ3v) is 1.20. The first-order chi connectivity index (χ1) is 5.06. The number of carboxylic acid groups (broad SMARTS) is 1. The Morgan fingerprint density at radius 1 is 1.58 bits per heavy atom. The van der Waals surface area contributed by atoms with E-state index in [2.05, 4.69) is 0 Å². The number of hydrogen-bond donors (Lipinski definition) is 1. The van der Waals surface area contributed by atoms with Crippen LogP contribution in [0.2, 0.25) is 0 Å². The molecule has 12 heavy (non-hydrogen) atoms. The average molecular weight is 202 g/mol. The van der Waals surface area contributed by atoms with Crippen molar-refractivity contribution in [2.75, 3.05) is 0 Å². The predicted molar refractivity (Wildman–Crippen MR) is 46.1 cm³/mol. The number of rotatable bonds is 4. The van der Waals surface area contributed by atoms with E-state index in [1.807, 2.05) is 6.92 Å². The summed E-state index contributed by atoms with van der Waals surface area (Å²) in [6.07, 6.45) is -0.0442. The third-order valence-electron chi connectivity index (χ3n) is 1.20. The van der Waals surface area contributed by atoms with Gasteiger partial charge in [-0.15, -0.1) is 0 Å². The number of aliphatic carboxylic acids is 1. The van der Waals surface area contributed by atoms with Crippen molar-refractivity contribution in [3.05, 3.63) is 0 Å². The van der Waals surface area contributed by atoms with Crippen LogP contribution in [-0.4, -0.2) is 60.9 Å². The number of hydrogen-bond acceptors (Lipinski definition) is 3. The second kappa shape index (κ2) is 7.83. The maximum absolute atomic E-state index is 10.6. The van der Waals surface area contributed by atoms with Crippen LogP contribution in [0.25, 0.3) is 0 Å². The molecule has 0 aliphatic carbocycles. The van der Waals surface area contributed by atoms with E-state index in [0.29, 0.717) is 6.42 Å². The molecular formula is C7H14CaO4. The van der Waals surface area contributed by atoms with Gasteiger partial charge >= 0.3 is 49.7 Å². The molecule has 0 spiro atoms. The van der Waals surface area contributed by atoms with Crippen molar-refractivity contribution in [2.45, 2.75) is 32.8 Å². The van der Waals surface area contributed by atoms with E-state index in [4.69, 9.17) is 9.84 Å². The fourth-order valence-corrected chi connectivity index (χ4v) is 0.473. The molecule has 0 saturated carbocycles. The van der Waals surface area contributed by atoms with Crippen molar-refractivity contribution in [3.63, 3.8) is 0 Å². The van der Waals surface area contributed by atoms with Gasteiger partial charge < -0.3 is 12.7 Å². The number of carbonyl (C=O) groups excluding carboxylic acids is 1. The maximum atomic E-state index is 10.6. The number of ether oxygens (including phenoxy) is 1. The molecule has 0 aromatic heterocycles. The average Bonchev–Trinajstić information content (AvgIpc) is 1.85. The van der Waals surface area contributed by atoms with Gasteiger partial charge in [-0.05, 0) is 13.3 Å². The number of carbonyl (C=O) groups is 2. The molecule has 0 aliphatic rings. The van der Waals surface area contributed by atoms with Crippen LogP contribution in [0.1, 0.15) is 29.5 Å². The van der Waals surface area contributed by atoms with Gasteiger partial charge in [0.2, 0.25) is 0 Å². The summed E-state index contributed by atoms with van der Waals surface area (Å²) >= 11 is 0. The minimum absolute atomic E-state index is 0. The Kier molecular flexibility index (Phi) is 9.60. The zero-order valence-electron chi connectivity index (χ0n) is 9.37. The summed E-state index contributed by atoms with van der Waals surface area (Å²) in [5, 5.41) is 8.17. The molecule has 1 unspecified atom stereocenters. The second-order valence-corrected chi connectivity index (χ2v) is 2.28. The molecule has 0 amide bonds. The first-order valence-corrected chi connectivity index (χ1v) is 3.47. The van der Waals surface area contributed by atoms with Gasteiger partial charge in [-0.25, -0.2) is 0 Å². The Hall–Kier alpha value is 0.200. The smallest absolute Gasteiger partial charge is 1.00 e. The van der Waals surface area contributed by atoms with Crippen molar-refractivity contribution in [1.29, 1.82) is 0 Å². The zero-order chi connectivity index (χ0) is 8.85. The van der Waals surface area contributed by atoms with Gasteiger partial charge in [-0.2, -0.15) is 0 Å². The summed E-state index contributed by atoms with van der Waals surface area (Å²) < 4.78 is 4.69. The van der Waals surface area contributed by atoms with Gasteiger partial charge in [-0.3, -0.25) is 9.59 Å². The molecular weight excluding hydrogens is 188 g/mol. The summed E-state index contributed by atoms with van der Waals surface area (Å²) in [5.74, 6) is -1.83. The van der Waals surface area contributed by atoms with E-state index in [0.717, 1.165) is 0 Å². The van der Waals surface area contributed by atoms with E-state index in [-0.39, 0.29) is 46.7 Å². The fraction of sp³-hybridized carbons (Fsp3) is 0.714. The van der Waals surface area contributed by atoms with Crippen molar-refractivity contribution in [3.8, 4) is 0 Å². The zero-order valence-corrected chi connectivity index (χ0v) is 9.58. The minimum Gasteiger partial charge on any atom is -1.00 e. The van der Waals surface area contributed by atoms with E-state index in [1.54, 1.807) is 6.92 Å². The van der Waals surface area contributed by atoms with Gasteiger partial charge in [0.15, 0.2) is 0 Å². The van der Waals surface area contributed by atoms with Gasteiger partial charge in [0.25, 0.3) is 0 Å². The molecule has 0 fully saturated rings. The predicted octanol–water partition coefficient (Wildman–Crippen LogP) is 0.647.